The first-order valence-corrected chi connectivity index (χ1v) is 8.90. The van der Waals surface area contributed by atoms with Gasteiger partial charge in [-0.05, 0) is 50.6 Å². The fraction of sp³-hybridized carbons (Fsp3) is 0.300. The Labute approximate surface area is 157 Å². The molecule has 0 radical (unpaired) electrons. The summed E-state index contributed by atoms with van der Waals surface area (Å²) in [6.07, 6.45) is 2.42. The van der Waals surface area contributed by atoms with Gasteiger partial charge in [0, 0.05) is 23.9 Å². The zero-order valence-electron chi connectivity index (χ0n) is 15.5. The minimum atomic E-state index is -0.203. The Morgan fingerprint density at radius 3 is 2.93 bits per heavy atom. The Balaban J connectivity index is 1.44. The van der Waals surface area contributed by atoms with Gasteiger partial charge in [0.05, 0.1) is 23.6 Å². The minimum Gasteiger partial charge on any atom is -0.488 e. The van der Waals surface area contributed by atoms with E-state index in [4.69, 9.17) is 4.74 Å². The fourth-order valence-electron chi connectivity index (χ4n) is 3.22. The number of hydrogen-bond donors (Lipinski definition) is 2. The first-order valence-electron chi connectivity index (χ1n) is 8.90. The number of benzene rings is 1. The molecule has 138 valence electrons. The average Bonchev–Trinajstić information content (AvgIpc) is 3.27. The van der Waals surface area contributed by atoms with Gasteiger partial charge >= 0.3 is 0 Å². The summed E-state index contributed by atoms with van der Waals surface area (Å²) >= 11 is 0. The normalized spacial score (nSPS) is 15.3. The lowest BCUT2D eigenvalue weighted by Gasteiger charge is -2.11. The van der Waals surface area contributed by atoms with E-state index in [-0.39, 0.29) is 12.0 Å². The van der Waals surface area contributed by atoms with E-state index < -0.39 is 0 Å². The van der Waals surface area contributed by atoms with E-state index >= 15 is 0 Å². The van der Waals surface area contributed by atoms with Crippen molar-refractivity contribution < 1.29 is 9.53 Å². The lowest BCUT2D eigenvalue weighted by atomic mass is 10.0. The number of aryl methyl sites for hydroxylation is 3. The number of amides is 1. The number of nitrogens with zero attached hydrogens (tertiary/aromatic N) is 3. The summed E-state index contributed by atoms with van der Waals surface area (Å²) in [6, 6.07) is 7.79. The molecule has 27 heavy (non-hydrogen) atoms. The van der Waals surface area contributed by atoms with Crippen LogP contribution in [0.15, 0.2) is 30.5 Å². The van der Waals surface area contributed by atoms with Gasteiger partial charge in [-0.25, -0.2) is 4.98 Å². The van der Waals surface area contributed by atoms with Crippen molar-refractivity contribution in [2.75, 3.05) is 6.54 Å². The Morgan fingerprint density at radius 2 is 2.15 bits per heavy atom. The Hall–Kier alpha value is -3.22. The number of hydrogen-bond acceptors (Lipinski definition) is 5. The fourth-order valence-corrected chi connectivity index (χ4v) is 3.22. The van der Waals surface area contributed by atoms with E-state index in [1.54, 1.807) is 12.3 Å². The van der Waals surface area contributed by atoms with Crippen LogP contribution in [0.25, 0.3) is 11.3 Å². The molecule has 1 aliphatic heterocycles. The maximum absolute atomic E-state index is 12.1. The molecule has 3 heterocycles. The molecule has 2 N–H and O–H groups in total. The van der Waals surface area contributed by atoms with Crippen molar-refractivity contribution in [2.45, 2.75) is 33.3 Å². The van der Waals surface area contributed by atoms with Crippen LogP contribution >= 0.6 is 0 Å². The first-order chi connectivity index (χ1) is 13.0. The van der Waals surface area contributed by atoms with Crippen LogP contribution < -0.4 is 10.1 Å². The number of rotatable bonds is 4. The summed E-state index contributed by atoms with van der Waals surface area (Å²) < 4.78 is 5.96. The first kappa shape index (κ1) is 17.2. The van der Waals surface area contributed by atoms with Crippen molar-refractivity contribution in [3.8, 4) is 17.0 Å². The van der Waals surface area contributed by atoms with Gasteiger partial charge in [0.15, 0.2) is 0 Å². The predicted octanol–water partition coefficient (Wildman–Crippen LogP) is 2.53. The Morgan fingerprint density at radius 1 is 1.30 bits per heavy atom. The van der Waals surface area contributed by atoms with Crippen molar-refractivity contribution in [3.63, 3.8) is 0 Å². The van der Waals surface area contributed by atoms with E-state index in [0.717, 1.165) is 46.1 Å². The molecule has 0 spiro atoms. The van der Waals surface area contributed by atoms with Crippen LogP contribution in [0.4, 0.5) is 0 Å². The summed E-state index contributed by atoms with van der Waals surface area (Å²) in [6.45, 7) is 6.18. The van der Waals surface area contributed by atoms with Gasteiger partial charge in [0.1, 0.15) is 17.5 Å². The highest BCUT2D eigenvalue weighted by molar-refractivity contribution is 5.92. The molecular weight excluding hydrogens is 342 g/mol. The van der Waals surface area contributed by atoms with Crippen LogP contribution in [0.3, 0.4) is 0 Å². The van der Waals surface area contributed by atoms with E-state index in [0.29, 0.717) is 12.2 Å². The van der Waals surface area contributed by atoms with Crippen LogP contribution in [0.1, 0.15) is 33.1 Å². The molecule has 3 aromatic rings. The average molecular weight is 363 g/mol. The third kappa shape index (κ3) is 3.53. The quantitative estimate of drug-likeness (QED) is 0.743. The molecule has 1 amide bonds. The zero-order chi connectivity index (χ0) is 19.0. The lowest BCUT2D eigenvalue weighted by molar-refractivity contribution is 0.0928. The minimum absolute atomic E-state index is 0.0936. The van der Waals surface area contributed by atoms with Crippen molar-refractivity contribution in [2.24, 2.45) is 0 Å². The number of aromatic amines is 1. The molecule has 7 nitrogen and oxygen atoms in total. The third-order valence-corrected chi connectivity index (χ3v) is 4.58. The van der Waals surface area contributed by atoms with Crippen molar-refractivity contribution in [3.05, 3.63) is 58.8 Å². The number of fused-ring (bicyclic) bond motifs is 1. The number of ether oxygens (including phenoxy) is 1. The standard InChI is InChI=1S/C20H21N5O2/c1-11-6-17(25-24-11)20(26)22-10-16-8-15-7-14(4-5-18(15)27-16)19-13(3)21-9-12(2)23-19/h4-7,9,16H,8,10H2,1-3H3,(H,22,26)(H,24,25). The highest BCUT2D eigenvalue weighted by atomic mass is 16.5. The molecular formula is C20H21N5O2. The van der Waals surface area contributed by atoms with Gasteiger partial charge in [-0.1, -0.05) is 0 Å². The van der Waals surface area contributed by atoms with Crippen molar-refractivity contribution in [1.82, 2.24) is 25.5 Å². The molecule has 1 atom stereocenters. The molecule has 0 saturated heterocycles. The monoisotopic (exact) mass is 363 g/mol. The SMILES string of the molecule is Cc1cnc(C)c(-c2ccc3c(c2)CC(CNC(=O)c2cc(C)[nH]n2)O3)n1. The van der Waals surface area contributed by atoms with E-state index in [1.165, 1.54) is 0 Å². The molecule has 7 heteroatoms. The van der Waals surface area contributed by atoms with Gasteiger partial charge in [-0.15, -0.1) is 0 Å². The smallest absolute Gasteiger partial charge is 0.271 e. The molecule has 0 saturated carbocycles. The number of H-pyrrole nitrogens is 1. The molecule has 0 fully saturated rings. The molecule has 0 bridgehead atoms. The summed E-state index contributed by atoms with van der Waals surface area (Å²) in [5.74, 6) is 0.650. The maximum atomic E-state index is 12.1. The third-order valence-electron chi connectivity index (χ3n) is 4.58. The van der Waals surface area contributed by atoms with Crippen molar-refractivity contribution >= 4 is 5.91 Å². The number of carbonyl (C=O) groups is 1. The van der Waals surface area contributed by atoms with Crippen LogP contribution in [-0.2, 0) is 6.42 Å². The lowest BCUT2D eigenvalue weighted by Crippen LogP contribution is -2.34. The second-order valence-corrected chi connectivity index (χ2v) is 6.86. The Bertz CT molecular complexity index is 1010. The van der Waals surface area contributed by atoms with Gasteiger partial charge in [-0.3, -0.25) is 14.9 Å². The molecule has 1 aliphatic rings. The highest BCUT2D eigenvalue weighted by Gasteiger charge is 2.24. The van der Waals surface area contributed by atoms with Crippen LogP contribution in [0, 0.1) is 20.8 Å². The molecule has 0 aliphatic carbocycles. The highest BCUT2D eigenvalue weighted by Crippen LogP contribution is 2.33. The maximum Gasteiger partial charge on any atom is 0.271 e. The van der Waals surface area contributed by atoms with Crippen LogP contribution in [0.5, 0.6) is 5.75 Å². The zero-order valence-corrected chi connectivity index (χ0v) is 15.5. The molecule has 1 aromatic carbocycles. The number of carbonyl (C=O) groups excluding carboxylic acids is 1. The predicted molar refractivity (Wildman–Crippen MR) is 101 cm³/mol. The van der Waals surface area contributed by atoms with Crippen LogP contribution in [-0.4, -0.2) is 38.7 Å². The molecule has 1 unspecified atom stereocenters. The summed E-state index contributed by atoms with van der Waals surface area (Å²) in [4.78, 5) is 21.1. The molecule has 4 rings (SSSR count). The summed E-state index contributed by atoms with van der Waals surface area (Å²) in [7, 11) is 0. The van der Waals surface area contributed by atoms with Gasteiger partial charge in [0.2, 0.25) is 0 Å². The second kappa shape index (κ2) is 6.83. The summed E-state index contributed by atoms with van der Waals surface area (Å²) in [5, 5.41) is 9.62. The van der Waals surface area contributed by atoms with Crippen LogP contribution in [0.2, 0.25) is 0 Å². The summed E-state index contributed by atoms with van der Waals surface area (Å²) in [5.41, 5.74) is 6.07. The number of aromatic nitrogens is 4. The van der Waals surface area contributed by atoms with Gasteiger partial charge in [-0.2, -0.15) is 5.10 Å². The largest absolute Gasteiger partial charge is 0.488 e. The van der Waals surface area contributed by atoms with Gasteiger partial charge < -0.3 is 10.1 Å². The van der Waals surface area contributed by atoms with E-state index in [1.807, 2.05) is 32.9 Å². The number of nitrogens with one attached hydrogen (secondary N) is 2. The van der Waals surface area contributed by atoms with Gasteiger partial charge in [0.25, 0.3) is 5.91 Å². The van der Waals surface area contributed by atoms with E-state index in [2.05, 4.69) is 31.5 Å². The van der Waals surface area contributed by atoms with E-state index in [9.17, 15) is 4.79 Å². The van der Waals surface area contributed by atoms with Crippen molar-refractivity contribution in [1.29, 1.82) is 0 Å². The topological polar surface area (TPSA) is 92.8 Å². The second-order valence-electron chi connectivity index (χ2n) is 6.86. The molecule has 2 aromatic heterocycles. The Kier molecular flexibility index (Phi) is 4.35.